The number of amides is 2. The first-order chi connectivity index (χ1) is 13.6. The predicted octanol–water partition coefficient (Wildman–Crippen LogP) is 3.58. The van der Waals surface area contributed by atoms with Crippen molar-refractivity contribution in [3.8, 4) is 5.75 Å². The summed E-state index contributed by atoms with van der Waals surface area (Å²) in [5.74, 6) is 0.720. The maximum absolute atomic E-state index is 12.6. The minimum Gasteiger partial charge on any atom is -0.480 e. The van der Waals surface area contributed by atoms with Gasteiger partial charge in [0.25, 0.3) is 11.8 Å². The molecule has 3 aromatic rings. The van der Waals surface area contributed by atoms with E-state index in [-0.39, 0.29) is 11.8 Å². The van der Waals surface area contributed by atoms with Gasteiger partial charge in [-0.2, -0.15) is 0 Å². The summed E-state index contributed by atoms with van der Waals surface area (Å²) in [4.78, 5) is 29.2. The van der Waals surface area contributed by atoms with Gasteiger partial charge in [0.1, 0.15) is 11.6 Å². The molecule has 140 valence electrons. The van der Waals surface area contributed by atoms with Crippen LogP contribution in [0.1, 0.15) is 21.5 Å². The molecule has 0 bridgehead atoms. The fourth-order valence-corrected chi connectivity index (χ4v) is 3.09. The zero-order chi connectivity index (χ0) is 19.5. The van der Waals surface area contributed by atoms with Crippen LogP contribution in [0.5, 0.6) is 5.75 Å². The lowest BCUT2D eigenvalue weighted by molar-refractivity contribution is -0.122. The fourth-order valence-electron chi connectivity index (χ4n) is 3.09. The Morgan fingerprint density at radius 1 is 1.04 bits per heavy atom. The van der Waals surface area contributed by atoms with E-state index in [0.29, 0.717) is 23.5 Å². The molecule has 28 heavy (non-hydrogen) atoms. The van der Waals surface area contributed by atoms with Gasteiger partial charge < -0.3 is 15.4 Å². The van der Waals surface area contributed by atoms with E-state index in [1.165, 1.54) is 0 Å². The van der Waals surface area contributed by atoms with Gasteiger partial charge >= 0.3 is 0 Å². The first-order valence-corrected chi connectivity index (χ1v) is 8.98. The number of pyridine rings is 1. The molecule has 4 rings (SSSR count). The van der Waals surface area contributed by atoms with Gasteiger partial charge in [-0.1, -0.05) is 30.3 Å². The van der Waals surface area contributed by atoms with Gasteiger partial charge in [-0.15, -0.1) is 0 Å². The van der Waals surface area contributed by atoms with Crippen LogP contribution >= 0.6 is 0 Å². The number of benzene rings is 2. The number of para-hydroxylation sites is 1. The number of anilines is 2. The third-order valence-electron chi connectivity index (χ3n) is 4.57. The van der Waals surface area contributed by atoms with Gasteiger partial charge in [-0.3, -0.25) is 9.59 Å². The second kappa shape index (κ2) is 7.52. The molecule has 2 heterocycles. The van der Waals surface area contributed by atoms with E-state index in [1.54, 1.807) is 30.5 Å². The summed E-state index contributed by atoms with van der Waals surface area (Å²) in [5, 5.41) is 5.62. The molecule has 2 aromatic carbocycles. The van der Waals surface area contributed by atoms with Crippen molar-refractivity contribution >= 4 is 23.3 Å². The lowest BCUT2D eigenvalue weighted by Gasteiger charge is -2.12. The van der Waals surface area contributed by atoms with Crippen molar-refractivity contribution in [1.29, 1.82) is 0 Å². The number of hydrogen-bond acceptors (Lipinski definition) is 4. The van der Waals surface area contributed by atoms with E-state index in [4.69, 9.17) is 4.74 Å². The molecule has 1 aromatic heterocycles. The summed E-state index contributed by atoms with van der Waals surface area (Å²) in [5.41, 5.74) is 2.85. The van der Waals surface area contributed by atoms with Gasteiger partial charge in [0.05, 0.1) is 0 Å². The van der Waals surface area contributed by atoms with Crippen molar-refractivity contribution < 1.29 is 14.3 Å². The maximum atomic E-state index is 12.6. The van der Waals surface area contributed by atoms with Gasteiger partial charge in [0, 0.05) is 23.9 Å². The van der Waals surface area contributed by atoms with E-state index in [0.717, 1.165) is 16.9 Å². The van der Waals surface area contributed by atoms with Crippen LogP contribution < -0.4 is 15.4 Å². The highest BCUT2D eigenvalue weighted by atomic mass is 16.5. The average molecular weight is 373 g/mol. The van der Waals surface area contributed by atoms with E-state index in [9.17, 15) is 9.59 Å². The Morgan fingerprint density at radius 2 is 1.89 bits per heavy atom. The Hall–Kier alpha value is -3.67. The lowest BCUT2D eigenvalue weighted by atomic mass is 10.1. The minimum absolute atomic E-state index is 0.241. The summed E-state index contributed by atoms with van der Waals surface area (Å²) in [6, 6.07) is 18.1. The van der Waals surface area contributed by atoms with Crippen molar-refractivity contribution in [2.75, 3.05) is 10.6 Å². The molecule has 0 saturated heterocycles. The Morgan fingerprint density at radius 3 is 2.71 bits per heavy atom. The number of ether oxygens (including phenoxy) is 1. The summed E-state index contributed by atoms with van der Waals surface area (Å²) < 4.78 is 5.71. The van der Waals surface area contributed by atoms with Crippen LogP contribution in [0.4, 0.5) is 11.5 Å². The molecule has 6 heteroatoms. The molecule has 1 atom stereocenters. The molecule has 0 saturated carbocycles. The first-order valence-electron chi connectivity index (χ1n) is 8.98. The second-order valence-electron chi connectivity index (χ2n) is 6.61. The van der Waals surface area contributed by atoms with Crippen LogP contribution in [0.25, 0.3) is 0 Å². The zero-order valence-corrected chi connectivity index (χ0v) is 15.3. The quantitative estimate of drug-likeness (QED) is 0.732. The molecule has 2 amide bonds. The number of hydrogen-bond donors (Lipinski definition) is 2. The smallest absolute Gasteiger partial charge is 0.265 e. The number of nitrogens with one attached hydrogen (secondary N) is 2. The highest BCUT2D eigenvalue weighted by Crippen LogP contribution is 2.28. The number of carbonyl (C=O) groups excluding carboxylic acids is 2. The molecule has 0 spiro atoms. The third-order valence-corrected chi connectivity index (χ3v) is 4.57. The Balaban J connectivity index is 1.43. The number of carbonyl (C=O) groups is 2. The van der Waals surface area contributed by atoms with Gasteiger partial charge in [-0.25, -0.2) is 4.98 Å². The standard InChI is InChI=1S/C22H19N3O3/c1-14-6-5-11-23-20(14)25-21(26)16-8-4-9-17(12-16)24-22(27)19-13-15-7-2-3-10-18(15)28-19/h2-12,19H,13H2,1H3,(H,24,27)(H,23,25,26)/t19-/m0/s1. The summed E-state index contributed by atoms with van der Waals surface area (Å²) >= 11 is 0. The van der Waals surface area contributed by atoms with Gasteiger partial charge in [-0.05, 0) is 48.4 Å². The minimum atomic E-state index is -0.578. The van der Waals surface area contributed by atoms with Crippen molar-refractivity contribution in [3.63, 3.8) is 0 Å². The predicted molar refractivity (Wildman–Crippen MR) is 107 cm³/mol. The largest absolute Gasteiger partial charge is 0.480 e. The number of nitrogens with zero attached hydrogens (tertiary/aromatic N) is 1. The maximum Gasteiger partial charge on any atom is 0.265 e. The van der Waals surface area contributed by atoms with Crippen LogP contribution in [-0.2, 0) is 11.2 Å². The Bertz CT molecular complexity index is 1020. The van der Waals surface area contributed by atoms with Crippen molar-refractivity contribution in [2.24, 2.45) is 0 Å². The molecule has 0 aliphatic carbocycles. The first kappa shape index (κ1) is 17.7. The summed E-state index contributed by atoms with van der Waals surface area (Å²) in [6.45, 7) is 1.87. The normalized spacial score (nSPS) is 14.7. The van der Waals surface area contributed by atoms with Crippen molar-refractivity contribution in [2.45, 2.75) is 19.4 Å². The number of fused-ring (bicyclic) bond motifs is 1. The monoisotopic (exact) mass is 373 g/mol. The molecule has 0 fully saturated rings. The van der Waals surface area contributed by atoms with E-state index < -0.39 is 6.10 Å². The van der Waals surface area contributed by atoms with Crippen molar-refractivity contribution in [1.82, 2.24) is 4.98 Å². The van der Waals surface area contributed by atoms with Crippen LogP contribution in [0.2, 0.25) is 0 Å². The van der Waals surface area contributed by atoms with Gasteiger partial charge in [0.2, 0.25) is 0 Å². The summed E-state index contributed by atoms with van der Waals surface area (Å²) in [7, 11) is 0. The highest BCUT2D eigenvalue weighted by molar-refractivity contribution is 6.05. The van der Waals surface area contributed by atoms with Crippen molar-refractivity contribution in [3.05, 3.63) is 83.6 Å². The zero-order valence-electron chi connectivity index (χ0n) is 15.3. The third kappa shape index (κ3) is 3.71. The molecular formula is C22H19N3O3. The number of aromatic nitrogens is 1. The molecule has 0 radical (unpaired) electrons. The molecule has 6 nitrogen and oxygen atoms in total. The van der Waals surface area contributed by atoms with E-state index in [1.807, 2.05) is 43.3 Å². The molecule has 1 aliphatic heterocycles. The molecule has 1 aliphatic rings. The number of aryl methyl sites for hydroxylation is 1. The molecule has 2 N–H and O–H groups in total. The Kier molecular flexibility index (Phi) is 4.76. The van der Waals surface area contributed by atoms with Crippen LogP contribution in [0.15, 0.2) is 66.9 Å². The summed E-state index contributed by atoms with van der Waals surface area (Å²) in [6.07, 6.45) is 1.58. The van der Waals surface area contributed by atoms with Crippen LogP contribution in [0.3, 0.4) is 0 Å². The molecular weight excluding hydrogens is 354 g/mol. The fraction of sp³-hybridized carbons (Fsp3) is 0.136. The number of rotatable bonds is 4. The molecule has 0 unspecified atom stereocenters. The van der Waals surface area contributed by atoms with E-state index >= 15 is 0 Å². The Labute approximate surface area is 162 Å². The highest BCUT2D eigenvalue weighted by Gasteiger charge is 2.28. The van der Waals surface area contributed by atoms with E-state index in [2.05, 4.69) is 15.6 Å². The average Bonchev–Trinajstić information content (AvgIpc) is 3.14. The second-order valence-corrected chi connectivity index (χ2v) is 6.61. The SMILES string of the molecule is Cc1cccnc1NC(=O)c1cccc(NC(=O)[C@@H]2Cc3ccccc3O2)c1. The topological polar surface area (TPSA) is 80.3 Å². The van der Waals surface area contributed by atoms with Crippen LogP contribution in [0, 0.1) is 6.92 Å². The van der Waals surface area contributed by atoms with Crippen LogP contribution in [-0.4, -0.2) is 22.9 Å². The lowest BCUT2D eigenvalue weighted by Crippen LogP contribution is -2.31. The van der Waals surface area contributed by atoms with Gasteiger partial charge in [0.15, 0.2) is 6.10 Å².